The minimum absolute atomic E-state index is 0.000308. The summed E-state index contributed by atoms with van der Waals surface area (Å²) < 4.78 is 0. The van der Waals surface area contributed by atoms with Crippen molar-refractivity contribution in [2.45, 2.75) is 39.3 Å². The van der Waals surface area contributed by atoms with Gasteiger partial charge in [-0.1, -0.05) is 44.2 Å². The number of urea groups is 1. The number of nitrogens with one attached hydrogen (secondary N) is 2. The van der Waals surface area contributed by atoms with Crippen LogP contribution in [0.5, 0.6) is 0 Å². The molecule has 1 atom stereocenters. The van der Waals surface area contributed by atoms with Crippen molar-refractivity contribution in [2.75, 3.05) is 19.6 Å². The van der Waals surface area contributed by atoms with E-state index in [0.29, 0.717) is 19.0 Å². The van der Waals surface area contributed by atoms with Gasteiger partial charge in [-0.2, -0.15) is 0 Å². The summed E-state index contributed by atoms with van der Waals surface area (Å²) in [5.74, 6) is 0.534. The Hall–Kier alpha value is -2.08. The number of piperidine rings is 1. The van der Waals surface area contributed by atoms with Crippen LogP contribution in [-0.2, 0) is 11.3 Å². The molecule has 0 aliphatic carbocycles. The van der Waals surface area contributed by atoms with Gasteiger partial charge in [0.25, 0.3) is 0 Å². The third kappa shape index (κ3) is 5.74. The molecule has 1 aromatic rings. The standard InChI is InChI=1S/C19H30N4O2/c1-14(2)17(18(24)23-10-8-15(12-20)9-11-23)22-19(25)21-13-16-6-4-3-5-7-16/h3-7,14-15,17H,8-13,20H2,1-2H3,(H2,21,22,25). The van der Waals surface area contributed by atoms with Crippen LogP contribution in [0.3, 0.4) is 0 Å². The first-order chi connectivity index (χ1) is 12.0. The molecule has 1 aliphatic rings. The number of likely N-dealkylation sites (tertiary alicyclic amines) is 1. The highest BCUT2D eigenvalue weighted by Crippen LogP contribution is 2.18. The SMILES string of the molecule is CC(C)C(NC(=O)NCc1ccccc1)C(=O)N1CCC(CN)CC1. The Balaban J connectivity index is 1.87. The fraction of sp³-hybridized carbons (Fsp3) is 0.579. The summed E-state index contributed by atoms with van der Waals surface area (Å²) in [6.07, 6.45) is 1.88. The molecule has 1 saturated heterocycles. The maximum absolute atomic E-state index is 12.8. The lowest BCUT2D eigenvalue weighted by Gasteiger charge is -2.35. The highest BCUT2D eigenvalue weighted by molar-refractivity contribution is 5.87. The number of nitrogens with zero attached hydrogens (tertiary/aromatic N) is 1. The van der Waals surface area contributed by atoms with E-state index in [1.54, 1.807) is 0 Å². The molecule has 138 valence electrons. The molecule has 1 heterocycles. The molecule has 1 aliphatic heterocycles. The van der Waals surface area contributed by atoms with Gasteiger partial charge in [0.2, 0.25) is 5.91 Å². The maximum atomic E-state index is 12.8. The first kappa shape index (κ1) is 19.2. The fourth-order valence-electron chi connectivity index (χ4n) is 3.07. The Morgan fingerprint density at radius 2 is 1.84 bits per heavy atom. The lowest BCUT2D eigenvalue weighted by Crippen LogP contribution is -2.55. The smallest absolute Gasteiger partial charge is 0.315 e. The Morgan fingerprint density at radius 3 is 2.40 bits per heavy atom. The number of hydrogen-bond acceptors (Lipinski definition) is 3. The first-order valence-electron chi connectivity index (χ1n) is 9.08. The molecule has 25 heavy (non-hydrogen) atoms. The summed E-state index contributed by atoms with van der Waals surface area (Å²) in [7, 11) is 0. The number of hydrogen-bond donors (Lipinski definition) is 3. The number of amides is 3. The van der Waals surface area contributed by atoms with Crippen LogP contribution in [0.25, 0.3) is 0 Å². The van der Waals surface area contributed by atoms with Crippen molar-refractivity contribution in [1.29, 1.82) is 0 Å². The third-order valence-corrected chi connectivity index (χ3v) is 4.77. The van der Waals surface area contributed by atoms with Gasteiger partial charge in [0.1, 0.15) is 6.04 Å². The zero-order chi connectivity index (χ0) is 18.2. The minimum Gasteiger partial charge on any atom is -0.341 e. The van der Waals surface area contributed by atoms with Crippen LogP contribution in [0, 0.1) is 11.8 Å². The lowest BCUT2D eigenvalue weighted by atomic mass is 9.95. The van der Waals surface area contributed by atoms with Crippen molar-refractivity contribution < 1.29 is 9.59 Å². The summed E-state index contributed by atoms with van der Waals surface area (Å²) in [6.45, 7) is 6.46. The highest BCUT2D eigenvalue weighted by atomic mass is 16.2. The molecule has 0 radical (unpaired) electrons. The van der Waals surface area contributed by atoms with Gasteiger partial charge in [0.05, 0.1) is 0 Å². The van der Waals surface area contributed by atoms with Gasteiger partial charge in [-0.05, 0) is 36.8 Å². The maximum Gasteiger partial charge on any atom is 0.315 e. The summed E-state index contributed by atoms with van der Waals surface area (Å²) in [5.41, 5.74) is 6.73. The Morgan fingerprint density at radius 1 is 1.20 bits per heavy atom. The summed E-state index contributed by atoms with van der Waals surface area (Å²) in [6, 6.07) is 8.88. The average Bonchev–Trinajstić information content (AvgIpc) is 2.64. The quantitative estimate of drug-likeness (QED) is 0.733. The number of rotatable bonds is 6. The second-order valence-corrected chi connectivity index (χ2v) is 7.04. The normalized spacial score (nSPS) is 16.6. The van der Waals surface area contributed by atoms with Crippen LogP contribution in [0.1, 0.15) is 32.3 Å². The molecule has 3 amide bonds. The molecule has 0 saturated carbocycles. The van der Waals surface area contributed by atoms with Crippen molar-refractivity contribution >= 4 is 11.9 Å². The van der Waals surface area contributed by atoms with E-state index < -0.39 is 6.04 Å². The van der Waals surface area contributed by atoms with E-state index in [-0.39, 0.29) is 17.9 Å². The van der Waals surface area contributed by atoms with Gasteiger partial charge >= 0.3 is 6.03 Å². The van der Waals surface area contributed by atoms with Gasteiger partial charge < -0.3 is 21.3 Å². The molecular formula is C19H30N4O2. The number of carbonyl (C=O) groups is 2. The van der Waals surface area contributed by atoms with Crippen molar-refractivity contribution in [2.24, 2.45) is 17.6 Å². The molecular weight excluding hydrogens is 316 g/mol. The van der Waals surface area contributed by atoms with Gasteiger partial charge in [-0.25, -0.2) is 4.79 Å². The summed E-state index contributed by atoms with van der Waals surface area (Å²) in [5, 5.41) is 5.66. The van der Waals surface area contributed by atoms with Crippen molar-refractivity contribution in [1.82, 2.24) is 15.5 Å². The fourth-order valence-corrected chi connectivity index (χ4v) is 3.07. The minimum atomic E-state index is -0.509. The molecule has 0 spiro atoms. The molecule has 4 N–H and O–H groups in total. The van der Waals surface area contributed by atoms with Gasteiger partial charge in [-0.15, -0.1) is 0 Å². The van der Waals surface area contributed by atoms with E-state index in [4.69, 9.17) is 5.73 Å². The lowest BCUT2D eigenvalue weighted by molar-refractivity contribution is -0.135. The van der Waals surface area contributed by atoms with E-state index in [9.17, 15) is 9.59 Å². The Bertz CT molecular complexity index is 554. The molecule has 0 aromatic heterocycles. The molecule has 6 heteroatoms. The van der Waals surface area contributed by atoms with E-state index in [1.807, 2.05) is 49.1 Å². The molecule has 2 rings (SSSR count). The largest absolute Gasteiger partial charge is 0.341 e. The topological polar surface area (TPSA) is 87.5 Å². The summed E-state index contributed by atoms with van der Waals surface area (Å²) in [4.78, 5) is 26.9. The van der Waals surface area contributed by atoms with Gasteiger partial charge in [0.15, 0.2) is 0 Å². The van der Waals surface area contributed by atoms with Crippen LogP contribution in [0.15, 0.2) is 30.3 Å². The number of carbonyl (C=O) groups excluding carboxylic acids is 2. The van der Waals surface area contributed by atoms with Crippen molar-refractivity contribution in [3.05, 3.63) is 35.9 Å². The van der Waals surface area contributed by atoms with Crippen LogP contribution in [-0.4, -0.2) is 42.5 Å². The second kappa shape index (κ2) is 9.42. The molecule has 1 fully saturated rings. The van der Waals surface area contributed by atoms with E-state index in [2.05, 4.69) is 10.6 Å². The monoisotopic (exact) mass is 346 g/mol. The van der Waals surface area contributed by atoms with Crippen LogP contribution < -0.4 is 16.4 Å². The average molecular weight is 346 g/mol. The zero-order valence-electron chi connectivity index (χ0n) is 15.2. The van der Waals surface area contributed by atoms with E-state index in [1.165, 1.54) is 0 Å². The van der Waals surface area contributed by atoms with Crippen LogP contribution >= 0.6 is 0 Å². The molecule has 1 aromatic carbocycles. The van der Waals surface area contributed by atoms with Gasteiger partial charge in [-0.3, -0.25) is 4.79 Å². The van der Waals surface area contributed by atoms with E-state index in [0.717, 1.165) is 31.5 Å². The number of benzene rings is 1. The summed E-state index contributed by atoms with van der Waals surface area (Å²) >= 11 is 0. The number of nitrogens with two attached hydrogens (primary N) is 1. The van der Waals surface area contributed by atoms with Crippen LogP contribution in [0.4, 0.5) is 4.79 Å². The Kier molecular flexibility index (Phi) is 7.25. The zero-order valence-corrected chi connectivity index (χ0v) is 15.2. The highest BCUT2D eigenvalue weighted by Gasteiger charge is 2.30. The van der Waals surface area contributed by atoms with Crippen molar-refractivity contribution in [3.8, 4) is 0 Å². The molecule has 1 unspecified atom stereocenters. The predicted molar refractivity (Wildman–Crippen MR) is 98.8 cm³/mol. The second-order valence-electron chi connectivity index (χ2n) is 7.04. The first-order valence-corrected chi connectivity index (χ1v) is 9.08. The third-order valence-electron chi connectivity index (χ3n) is 4.77. The molecule has 0 bridgehead atoms. The Labute approximate surface area is 150 Å². The van der Waals surface area contributed by atoms with Gasteiger partial charge in [0, 0.05) is 19.6 Å². The van der Waals surface area contributed by atoms with Crippen molar-refractivity contribution in [3.63, 3.8) is 0 Å². The van der Waals surface area contributed by atoms with E-state index >= 15 is 0 Å². The predicted octanol–water partition coefficient (Wildman–Crippen LogP) is 1.71. The molecule has 6 nitrogen and oxygen atoms in total. The van der Waals surface area contributed by atoms with Crippen LogP contribution in [0.2, 0.25) is 0 Å².